The smallest absolute Gasteiger partial charge is 0.126 e. The van der Waals surface area contributed by atoms with Crippen molar-refractivity contribution in [3.63, 3.8) is 0 Å². The minimum atomic E-state index is -0.120. The van der Waals surface area contributed by atoms with Crippen LogP contribution in [0.1, 0.15) is 43.4 Å². The summed E-state index contributed by atoms with van der Waals surface area (Å²) in [6, 6.07) is 5.88. The molecule has 0 bridgehead atoms. The topological polar surface area (TPSA) is 29.3 Å². The summed E-state index contributed by atoms with van der Waals surface area (Å²) in [6.45, 7) is 6.98. The van der Waals surface area contributed by atoms with Gasteiger partial charge in [0, 0.05) is 6.04 Å². The zero-order valence-electron chi connectivity index (χ0n) is 12.0. The average Bonchev–Trinajstić information content (AvgIpc) is 2.42. The van der Waals surface area contributed by atoms with Gasteiger partial charge in [-0.15, -0.1) is 0 Å². The number of halogens is 1. The molecule has 3 heteroatoms. The van der Waals surface area contributed by atoms with Crippen LogP contribution in [0.5, 0.6) is 0 Å². The molecule has 0 amide bonds. The number of nitrogens with two attached hydrogens (primary N) is 1. The zero-order valence-corrected chi connectivity index (χ0v) is 12.0. The van der Waals surface area contributed by atoms with Crippen molar-refractivity contribution in [3.8, 4) is 0 Å². The second kappa shape index (κ2) is 6.49. The van der Waals surface area contributed by atoms with E-state index in [4.69, 9.17) is 5.73 Å². The Morgan fingerprint density at radius 2 is 2.21 bits per heavy atom. The second-order valence-corrected chi connectivity index (χ2v) is 5.63. The third-order valence-corrected chi connectivity index (χ3v) is 4.20. The minimum Gasteiger partial charge on any atom is -0.330 e. The van der Waals surface area contributed by atoms with Crippen LogP contribution >= 0.6 is 0 Å². The van der Waals surface area contributed by atoms with Crippen LogP contribution in [0.4, 0.5) is 4.39 Å². The SMILES string of the molecule is CCCN1CCCC(CN)C1c1ccc(F)c(C)c1. The molecular formula is C16H25FN2. The molecule has 1 saturated heterocycles. The third kappa shape index (κ3) is 3.15. The first-order valence-electron chi connectivity index (χ1n) is 7.37. The lowest BCUT2D eigenvalue weighted by molar-refractivity contribution is 0.0959. The Hall–Kier alpha value is -0.930. The van der Waals surface area contributed by atoms with Crippen LogP contribution < -0.4 is 5.73 Å². The summed E-state index contributed by atoms with van der Waals surface area (Å²) < 4.78 is 13.5. The summed E-state index contributed by atoms with van der Waals surface area (Å²) in [5, 5.41) is 0. The van der Waals surface area contributed by atoms with E-state index in [0.717, 1.165) is 25.1 Å². The van der Waals surface area contributed by atoms with Crippen molar-refractivity contribution in [1.82, 2.24) is 4.90 Å². The largest absolute Gasteiger partial charge is 0.330 e. The van der Waals surface area contributed by atoms with Crippen molar-refractivity contribution >= 4 is 0 Å². The molecule has 1 aliphatic rings. The molecule has 0 aromatic heterocycles. The van der Waals surface area contributed by atoms with Crippen LogP contribution in [0.3, 0.4) is 0 Å². The van der Waals surface area contributed by atoms with E-state index >= 15 is 0 Å². The Morgan fingerprint density at radius 1 is 1.42 bits per heavy atom. The molecule has 2 N–H and O–H groups in total. The van der Waals surface area contributed by atoms with Crippen molar-refractivity contribution in [2.75, 3.05) is 19.6 Å². The Bertz CT molecular complexity index is 417. The Balaban J connectivity index is 2.30. The van der Waals surface area contributed by atoms with Gasteiger partial charge >= 0.3 is 0 Å². The number of likely N-dealkylation sites (tertiary alicyclic amines) is 1. The van der Waals surface area contributed by atoms with E-state index in [0.29, 0.717) is 18.5 Å². The van der Waals surface area contributed by atoms with Crippen LogP contribution in [0.2, 0.25) is 0 Å². The van der Waals surface area contributed by atoms with Crippen molar-refractivity contribution in [1.29, 1.82) is 0 Å². The molecule has 2 unspecified atom stereocenters. The highest BCUT2D eigenvalue weighted by Crippen LogP contribution is 2.36. The van der Waals surface area contributed by atoms with Crippen LogP contribution in [0, 0.1) is 18.7 Å². The maximum atomic E-state index is 13.5. The molecule has 2 rings (SSSR count). The Labute approximate surface area is 115 Å². The predicted molar refractivity (Wildman–Crippen MR) is 77.5 cm³/mol. The summed E-state index contributed by atoms with van der Waals surface area (Å²) in [6.07, 6.45) is 3.55. The lowest BCUT2D eigenvalue weighted by atomic mass is 9.84. The van der Waals surface area contributed by atoms with E-state index in [9.17, 15) is 4.39 Å². The molecule has 0 radical (unpaired) electrons. The van der Waals surface area contributed by atoms with Crippen molar-refractivity contribution in [2.45, 2.75) is 39.2 Å². The molecule has 0 aliphatic carbocycles. The van der Waals surface area contributed by atoms with E-state index in [1.807, 2.05) is 19.1 Å². The van der Waals surface area contributed by atoms with Gasteiger partial charge in [0.1, 0.15) is 5.82 Å². The monoisotopic (exact) mass is 264 g/mol. The van der Waals surface area contributed by atoms with Crippen molar-refractivity contribution in [3.05, 3.63) is 35.1 Å². The van der Waals surface area contributed by atoms with Crippen LogP contribution in [0.25, 0.3) is 0 Å². The first-order chi connectivity index (χ1) is 9.17. The molecule has 2 atom stereocenters. The molecule has 0 spiro atoms. The molecular weight excluding hydrogens is 239 g/mol. The fraction of sp³-hybridized carbons (Fsp3) is 0.625. The van der Waals surface area contributed by atoms with Gasteiger partial charge in [0.25, 0.3) is 0 Å². The van der Waals surface area contributed by atoms with Crippen LogP contribution in [-0.4, -0.2) is 24.5 Å². The molecule has 0 saturated carbocycles. The number of piperidine rings is 1. The normalized spacial score (nSPS) is 24.6. The van der Waals surface area contributed by atoms with E-state index in [-0.39, 0.29) is 5.82 Å². The summed E-state index contributed by atoms with van der Waals surface area (Å²) in [4.78, 5) is 2.52. The highest BCUT2D eigenvalue weighted by atomic mass is 19.1. The number of benzene rings is 1. The van der Waals surface area contributed by atoms with Crippen LogP contribution in [-0.2, 0) is 0 Å². The molecule has 2 nitrogen and oxygen atoms in total. The fourth-order valence-electron chi connectivity index (χ4n) is 3.27. The number of aryl methyl sites for hydroxylation is 1. The first kappa shape index (κ1) is 14.5. The maximum Gasteiger partial charge on any atom is 0.126 e. The Morgan fingerprint density at radius 3 is 2.84 bits per heavy atom. The van der Waals surface area contributed by atoms with E-state index in [1.54, 1.807) is 6.07 Å². The van der Waals surface area contributed by atoms with Crippen LogP contribution in [0.15, 0.2) is 18.2 Å². The van der Waals surface area contributed by atoms with Crippen molar-refractivity contribution in [2.24, 2.45) is 11.7 Å². The third-order valence-electron chi connectivity index (χ3n) is 4.20. The highest BCUT2D eigenvalue weighted by Gasteiger charge is 2.31. The van der Waals surface area contributed by atoms with Crippen molar-refractivity contribution < 1.29 is 4.39 Å². The van der Waals surface area contributed by atoms with Gasteiger partial charge in [-0.2, -0.15) is 0 Å². The molecule has 1 aromatic rings. The Kier molecular flexibility index (Phi) is 4.94. The van der Waals surface area contributed by atoms with E-state index < -0.39 is 0 Å². The lowest BCUT2D eigenvalue weighted by Gasteiger charge is -2.41. The molecule has 106 valence electrons. The fourth-order valence-corrected chi connectivity index (χ4v) is 3.27. The maximum absolute atomic E-state index is 13.5. The summed E-state index contributed by atoms with van der Waals surface area (Å²) in [5.74, 6) is 0.371. The zero-order chi connectivity index (χ0) is 13.8. The molecule has 19 heavy (non-hydrogen) atoms. The van der Waals surface area contributed by atoms with Gasteiger partial charge in [-0.3, -0.25) is 4.90 Å². The van der Waals surface area contributed by atoms with Gasteiger partial charge in [-0.1, -0.05) is 19.1 Å². The average molecular weight is 264 g/mol. The minimum absolute atomic E-state index is 0.120. The highest BCUT2D eigenvalue weighted by molar-refractivity contribution is 5.27. The molecule has 1 aliphatic heterocycles. The number of hydrogen-bond acceptors (Lipinski definition) is 2. The first-order valence-corrected chi connectivity index (χ1v) is 7.37. The summed E-state index contributed by atoms with van der Waals surface area (Å²) >= 11 is 0. The van der Waals surface area contributed by atoms with E-state index in [1.165, 1.54) is 18.4 Å². The van der Waals surface area contributed by atoms with E-state index in [2.05, 4.69) is 11.8 Å². The predicted octanol–water partition coefficient (Wildman–Crippen LogP) is 3.26. The lowest BCUT2D eigenvalue weighted by Crippen LogP contribution is -2.42. The van der Waals surface area contributed by atoms with Gasteiger partial charge in [0.15, 0.2) is 0 Å². The van der Waals surface area contributed by atoms with Gasteiger partial charge < -0.3 is 5.73 Å². The van der Waals surface area contributed by atoms with Gasteiger partial charge in [0.2, 0.25) is 0 Å². The number of rotatable bonds is 4. The standard InChI is InChI=1S/C16H25FN2/c1-3-8-19-9-4-5-14(11-18)16(19)13-6-7-15(17)12(2)10-13/h6-7,10,14,16H,3-5,8-9,11,18H2,1-2H3. The van der Waals surface area contributed by atoms with Gasteiger partial charge in [0.05, 0.1) is 0 Å². The molecule has 1 heterocycles. The summed E-state index contributed by atoms with van der Waals surface area (Å²) in [7, 11) is 0. The number of nitrogens with zero attached hydrogens (tertiary/aromatic N) is 1. The molecule has 1 fully saturated rings. The van der Waals surface area contributed by atoms with Gasteiger partial charge in [-0.25, -0.2) is 4.39 Å². The van der Waals surface area contributed by atoms with Gasteiger partial charge in [-0.05, 0) is 68.9 Å². The quantitative estimate of drug-likeness (QED) is 0.904. The second-order valence-electron chi connectivity index (χ2n) is 5.63. The number of hydrogen-bond donors (Lipinski definition) is 1. The molecule has 1 aromatic carbocycles. The summed E-state index contributed by atoms with van der Waals surface area (Å²) in [5.41, 5.74) is 7.91.